The minimum atomic E-state index is -0.864. The molecule has 36 heavy (non-hydrogen) atoms. The highest BCUT2D eigenvalue weighted by Gasteiger charge is 2.78. The molecule has 7 nitrogen and oxygen atoms in total. The minimum absolute atomic E-state index is 0.100. The number of benzene rings is 1. The smallest absolute Gasteiger partial charge is 0.311 e. The van der Waals surface area contributed by atoms with Crippen LogP contribution in [0.15, 0.2) is 36.9 Å². The molecule has 0 saturated carbocycles. The molecule has 1 N–H and O–H groups in total. The molecule has 3 saturated heterocycles. The van der Waals surface area contributed by atoms with Gasteiger partial charge in [0.1, 0.15) is 6.04 Å². The van der Waals surface area contributed by atoms with Crippen molar-refractivity contribution in [1.29, 1.82) is 0 Å². The minimum Gasteiger partial charge on any atom is -0.466 e. The number of rotatable bonds is 9. The normalized spacial score (nSPS) is 31.5. The lowest BCUT2D eigenvalue weighted by molar-refractivity contribution is -0.155. The Bertz CT molecular complexity index is 1070. The van der Waals surface area contributed by atoms with Crippen molar-refractivity contribution in [2.24, 2.45) is 17.8 Å². The fourth-order valence-corrected chi connectivity index (χ4v) is 9.03. The Morgan fingerprint density at radius 1 is 1.36 bits per heavy atom. The van der Waals surface area contributed by atoms with Crippen LogP contribution in [0.4, 0.5) is 5.69 Å². The summed E-state index contributed by atoms with van der Waals surface area (Å²) in [6.45, 7) is 11.6. The summed E-state index contributed by atoms with van der Waals surface area (Å²) in [5.74, 6) is -2.37. The van der Waals surface area contributed by atoms with E-state index < -0.39 is 33.4 Å². The highest BCUT2D eigenvalue weighted by atomic mass is 35.5. The zero-order valence-electron chi connectivity index (χ0n) is 21.3. The van der Waals surface area contributed by atoms with Crippen LogP contribution in [0.3, 0.4) is 0 Å². The summed E-state index contributed by atoms with van der Waals surface area (Å²) in [7, 11) is 0. The van der Waals surface area contributed by atoms with Crippen molar-refractivity contribution in [3.05, 3.63) is 41.9 Å². The maximum atomic E-state index is 14.5. The lowest BCUT2D eigenvalue weighted by Crippen LogP contribution is -2.58. The number of thioether (sulfide) groups is 1. The number of aliphatic hydroxyl groups excluding tert-OH is 1. The first-order valence-corrected chi connectivity index (χ1v) is 13.7. The third kappa shape index (κ3) is 3.96. The average molecular weight is 535 g/mol. The third-order valence-electron chi connectivity index (χ3n) is 8.02. The zero-order chi connectivity index (χ0) is 26.4. The molecular formula is C27H35ClN2O5S. The van der Waals surface area contributed by atoms with Crippen molar-refractivity contribution in [2.75, 3.05) is 24.7 Å². The van der Waals surface area contributed by atoms with Crippen LogP contribution in [0.5, 0.6) is 0 Å². The molecule has 3 aliphatic rings. The number of carbonyl (C=O) groups is 3. The van der Waals surface area contributed by atoms with Crippen LogP contribution in [0, 0.1) is 17.8 Å². The van der Waals surface area contributed by atoms with Crippen molar-refractivity contribution in [3.63, 3.8) is 0 Å². The molecule has 1 spiro atoms. The van der Waals surface area contributed by atoms with E-state index in [1.54, 1.807) is 52.8 Å². The number of hydrogen-bond donors (Lipinski definition) is 1. The van der Waals surface area contributed by atoms with Crippen molar-refractivity contribution >= 4 is 46.8 Å². The van der Waals surface area contributed by atoms with Gasteiger partial charge >= 0.3 is 5.97 Å². The van der Waals surface area contributed by atoms with E-state index in [4.69, 9.17) is 16.3 Å². The van der Waals surface area contributed by atoms with Crippen molar-refractivity contribution in [1.82, 2.24) is 4.90 Å². The number of carbonyl (C=O) groups excluding carboxylic acids is 3. The molecule has 196 valence electrons. The molecule has 3 aliphatic heterocycles. The zero-order valence-corrected chi connectivity index (χ0v) is 22.8. The number of fused-ring (bicyclic) bond motifs is 1. The number of amides is 2. The first kappa shape index (κ1) is 27.0. The average Bonchev–Trinajstić information content (AvgIpc) is 3.39. The van der Waals surface area contributed by atoms with E-state index in [0.717, 1.165) is 0 Å². The van der Waals surface area contributed by atoms with Gasteiger partial charge in [-0.05, 0) is 44.7 Å². The number of esters is 1. The molecule has 3 heterocycles. The van der Waals surface area contributed by atoms with E-state index in [-0.39, 0.29) is 43.5 Å². The van der Waals surface area contributed by atoms with Gasteiger partial charge in [0.25, 0.3) is 5.91 Å². The van der Waals surface area contributed by atoms with Crippen molar-refractivity contribution in [2.45, 2.75) is 62.1 Å². The van der Waals surface area contributed by atoms with E-state index in [1.165, 1.54) is 0 Å². The lowest BCUT2D eigenvalue weighted by atomic mass is 9.66. The molecule has 2 amide bonds. The fraction of sp³-hybridized carbons (Fsp3) is 0.593. The third-order valence-corrected chi connectivity index (χ3v) is 10.3. The number of nitrogens with zero attached hydrogens (tertiary/aromatic N) is 2. The summed E-state index contributed by atoms with van der Waals surface area (Å²) in [6, 6.07) is 5.66. The Balaban J connectivity index is 1.88. The number of likely N-dealkylation sites (tertiary alicyclic amines) is 1. The predicted octanol–water partition coefficient (Wildman–Crippen LogP) is 3.92. The summed E-state index contributed by atoms with van der Waals surface area (Å²) >= 11 is 8.09. The fourth-order valence-electron chi connectivity index (χ4n) is 6.46. The van der Waals surface area contributed by atoms with Crippen molar-refractivity contribution in [3.8, 4) is 0 Å². The summed E-state index contributed by atoms with van der Waals surface area (Å²) in [5.41, 5.74) is 0.534. The topological polar surface area (TPSA) is 87.2 Å². The summed E-state index contributed by atoms with van der Waals surface area (Å²) < 4.78 is 4.13. The van der Waals surface area contributed by atoms with Gasteiger partial charge in [0.2, 0.25) is 5.91 Å². The first-order chi connectivity index (χ1) is 17.1. The molecule has 2 unspecified atom stereocenters. The van der Waals surface area contributed by atoms with Crippen LogP contribution in [0.25, 0.3) is 0 Å². The highest BCUT2D eigenvalue weighted by Crippen LogP contribution is 2.72. The monoisotopic (exact) mass is 534 g/mol. The van der Waals surface area contributed by atoms with Gasteiger partial charge in [-0.3, -0.25) is 14.4 Å². The van der Waals surface area contributed by atoms with Gasteiger partial charge in [-0.2, -0.15) is 0 Å². The number of hydrogen-bond acceptors (Lipinski definition) is 6. The predicted molar refractivity (Wildman–Crippen MR) is 142 cm³/mol. The van der Waals surface area contributed by atoms with E-state index >= 15 is 0 Å². The van der Waals surface area contributed by atoms with Crippen molar-refractivity contribution < 1.29 is 24.2 Å². The molecule has 9 heteroatoms. The van der Waals surface area contributed by atoms with Gasteiger partial charge in [-0.15, -0.1) is 18.3 Å². The molecule has 0 aromatic heterocycles. The molecule has 3 fully saturated rings. The van der Waals surface area contributed by atoms with Crippen LogP contribution in [0.2, 0.25) is 5.02 Å². The highest BCUT2D eigenvalue weighted by molar-refractivity contribution is 8.02. The van der Waals surface area contributed by atoms with Crippen LogP contribution in [-0.4, -0.2) is 69.1 Å². The van der Waals surface area contributed by atoms with E-state index in [2.05, 4.69) is 6.58 Å². The second kappa shape index (κ2) is 10.0. The van der Waals surface area contributed by atoms with Gasteiger partial charge in [0, 0.05) is 11.3 Å². The summed E-state index contributed by atoms with van der Waals surface area (Å²) in [4.78, 5) is 45.1. The summed E-state index contributed by atoms with van der Waals surface area (Å²) in [5, 5.41) is 10.8. The first-order valence-electron chi connectivity index (χ1n) is 12.5. The Hall–Kier alpha value is -2.03. The molecule has 2 bridgehead atoms. The quantitative estimate of drug-likeness (QED) is 0.382. The Morgan fingerprint density at radius 2 is 2.06 bits per heavy atom. The number of anilines is 1. The van der Waals surface area contributed by atoms with Gasteiger partial charge in [0.15, 0.2) is 0 Å². The second-order valence-corrected chi connectivity index (χ2v) is 12.7. The van der Waals surface area contributed by atoms with E-state index in [1.807, 2.05) is 26.8 Å². The molecule has 1 aromatic rings. The van der Waals surface area contributed by atoms with E-state index in [0.29, 0.717) is 23.6 Å². The Kier molecular flexibility index (Phi) is 7.53. The second-order valence-electron chi connectivity index (χ2n) is 10.4. The summed E-state index contributed by atoms with van der Waals surface area (Å²) in [6.07, 6.45) is 2.95. The number of ether oxygens (including phenoxy) is 1. The van der Waals surface area contributed by atoms with Gasteiger partial charge in [-0.1, -0.05) is 43.7 Å². The van der Waals surface area contributed by atoms with Gasteiger partial charge < -0.3 is 19.6 Å². The van der Waals surface area contributed by atoms with Gasteiger partial charge in [0.05, 0.1) is 46.5 Å². The molecule has 4 rings (SSSR count). The lowest BCUT2D eigenvalue weighted by Gasteiger charge is -2.40. The van der Waals surface area contributed by atoms with Crippen LogP contribution >= 0.6 is 23.4 Å². The SMILES string of the molecule is C=CCN(C(=O)C1N([C@@H](CO)C(C)C)C(=O)[C@@H]2[C@H](C(=O)OCC)[C@]3(C)CCC12S3)c1ccccc1Cl. The Morgan fingerprint density at radius 3 is 2.64 bits per heavy atom. The molecule has 6 atom stereocenters. The number of halogens is 1. The molecule has 1 aromatic carbocycles. The number of para-hydroxylation sites is 1. The molecular weight excluding hydrogens is 500 g/mol. The number of aliphatic hydroxyl groups is 1. The molecule has 0 aliphatic carbocycles. The standard InChI is InChI=1S/C27H35ClN2O5S/c1-6-14-29(18-11-9-8-10-17(18)28)24(33)22-27-13-12-26(5,36-27)21(25(34)35-7-2)20(27)23(32)30(22)19(15-31)16(3)4/h6,8-11,16,19-22,31H,1,7,12-15H2,2-5H3/t19-,20-,21+,22?,26-,27?/m0/s1. The maximum Gasteiger partial charge on any atom is 0.311 e. The molecule has 0 radical (unpaired) electrons. The van der Waals surface area contributed by atoms with Crippen LogP contribution in [0.1, 0.15) is 40.5 Å². The van der Waals surface area contributed by atoms with Gasteiger partial charge in [-0.25, -0.2) is 0 Å². The van der Waals surface area contributed by atoms with Crippen LogP contribution < -0.4 is 4.90 Å². The Labute approximate surface area is 222 Å². The van der Waals surface area contributed by atoms with E-state index in [9.17, 15) is 19.5 Å². The maximum absolute atomic E-state index is 14.5. The largest absolute Gasteiger partial charge is 0.466 e. The van der Waals surface area contributed by atoms with Crippen LogP contribution in [-0.2, 0) is 19.1 Å².